The van der Waals surface area contributed by atoms with Gasteiger partial charge in [0.1, 0.15) is 5.75 Å². The lowest BCUT2D eigenvalue weighted by atomic mass is 10.0. The topological polar surface area (TPSA) is 47.3 Å². The maximum atomic E-state index is 6.33. The summed E-state index contributed by atoms with van der Waals surface area (Å²) in [5.41, 5.74) is 8.63. The van der Waals surface area contributed by atoms with Gasteiger partial charge in [0.25, 0.3) is 0 Å². The van der Waals surface area contributed by atoms with Crippen molar-refractivity contribution in [2.24, 2.45) is 5.73 Å². The van der Waals surface area contributed by atoms with E-state index in [9.17, 15) is 0 Å². The van der Waals surface area contributed by atoms with Crippen molar-refractivity contribution in [1.82, 2.24) is 5.32 Å². The fraction of sp³-hybridized carbons (Fsp3) is 0.385. The highest BCUT2D eigenvalue weighted by atomic mass is 32.2. The number of nitrogens with one attached hydrogen (secondary N) is 1. The highest BCUT2D eigenvalue weighted by Crippen LogP contribution is 2.38. The number of methoxy groups -OCH3 is 1. The van der Waals surface area contributed by atoms with Crippen LogP contribution in [0.5, 0.6) is 5.75 Å². The molecule has 0 saturated carbocycles. The summed E-state index contributed by atoms with van der Waals surface area (Å²) in [5.74, 6) is 0.830. The van der Waals surface area contributed by atoms with Crippen molar-refractivity contribution < 1.29 is 4.74 Å². The minimum atomic E-state index is -0.602. The van der Waals surface area contributed by atoms with E-state index in [1.54, 1.807) is 18.9 Å². The Morgan fingerprint density at radius 2 is 2.29 bits per heavy atom. The van der Waals surface area contributed by atoms with Crippen LogP contribution in [0.25, 0.3) is 0 Å². The summed E-state index contributed by atoms with van der Waals surface area (Å²) in [6.45, 7) is 2.17. The van der Waals surface area contributed by atoms with Crippen molar-refractivity contribution in [1.29, 1.82) is 0 Å². The minimum absolute atomic E-state index is 0.602. The molecule has 3 nitrogen and oxygen atoms in total. The van der Waals surface area contributed by atoms with Gasteiger partial charge in [0, 0.05) is 11.8 Å². The molecule has 0 amide bonds. The first-order valence-electron chi connectivity index (χ1n) is 5.76. The van der Waals surface area contributed by atoms with Crippen molar-refractivity contribution >= 4 is 11.8 Å². The average Bonchev–Trinajstić information content (AvgIpc) is 2.78. The van der Waals surface area contributed by atoms with Crippen LogP contribution in [0.1, 0.15) is 24.5 Å². The molecule has 1 aliphatic rings. The average molecular weight is 250 g/mol. The number of nitrogens with two attached hydrogens (primary N) is 1. The molecule has 3 N–H and O–H groups in total. The molecule has 92 valence electrons. The maximum Gasteiger partial charge on any atom is 0.168 e. The van der Waals surface area contributed by atoms with Crippen molar-refractivity contribution in [3.05, 3.63) is 40.9 Å². The van der Waals surface area contributed by atoms with Crippen LogP contribution in [0.3, 0.4) is 0 Å². The number of thioether (sulfide) groups is 1. The van der Waals surface area contributed by atoms with E-state index in [1.165, 1.54) is 5.56 Å². The predicted octanol–water partition coefficient (Wildman–Crippen LogP) is 2.52. The molecule has 1 aromatic carbocycles. The second-order valence-electron chi connectivity index (χ2n) is 4.09. The Labute approximate surface area is 106 Å². The van der Waals surface area contributed by atoms with E-state index in [2.05, 4.69) is 24.4 Å². The van der Waals surface area contributed by atoms with Crippen LogP contribution in [-0.2, 0) is 11.4 Å². The first-order chi connectivity index (χ1) is 8.19. The van der Waals surface area contributed by atoms with Crippen LogP contribution < -0.4 is 15.8 Å². The molecule has 0 bridgehead atoms. The van der Waals surface area contributed by atoms with Gasteiger partial charge in [-0.15, -0.1) is 0 Å². The van der Waals surface area contributed by atoms with Gasteiger partial charge in [-0.25, -0.2) is 0 Å². The lowest BCUT2D eigenvalue weighted by molar-refractivity contribution is 0.399. The Kier molecular flexibility index (Phi) is 3.64. The molecule has 0 spiro atoms. The second kappa shape index (κ2) is 5.02. The Balaban J connectivity index is 2.38. The van der Waals surface area contributed by atoms with Gasteiger partial charge < -0.3 is 10.1 Å². The largest absolute Gasteiger partial charge is 0.496 e. The molecule has 1 unspecified atom stereocenters. The zero-order valence-electron chi connectivity index (χ0n) is 10.2. The van der Waals surface area contributed by atoms with Gasteiger partial charge in [-0.2, -0.15) is 0 Å². The third-order valence-electron chi connectivity index (χ3n) is 2.82. The number of hydrogen-bond acceptors (Lipinski definition) is 4. The quantitative estimate of drug-likeness (QED) is 0.862. The van der Waals surface area contributed by atoms with Gasteiger partial charge in [-0.05, 0) is 29.5 Å². The summed E-state index contributed by atoms with van der Waals surface area (Å²) in [6, 6.07) is 6.23. The standard InChI is InChI=1S/C13H18N2OS/c1-3-4-10-5-6-12(16-2)11(9-10)13(14)15-7-8-17-13/h5-9,15H,3-4,14H2,1-2H3. The summed E-state index contributed by atoms with van der Waals surface area (Å²) in [7, 11) is 1.68. The zero-order valence-corrected chi connectivity index (χ0v) is 11.0. The highest BCUT2D eigenvalue weighted by molar-refractivity contribution is 8.03. The Bertz CT molecular complexity index is 423. The van der Waals surface area contributed by atoms with E-state index in [4.69, 9.17) is 10.5 Å². The van der Waals surface area contributed by atoms with Crippen LogP contribution in [0.2, 0.25) is 0 Å². The summed E-state index contributed by atoms with van der Waals surface area (Å²) < 4.78 is 5.39. The van der Waals surface area contributed by atoms with Crippen LogP contribution >= 0.6 is 11.8 Å². The molecule has 1 atom stereocenters. The fourth-order valence-electron chi connectivity index (χ4n) is 1.96. The molecule has 4 heteroatoms. The molecule has 2 rings (SSSR count). The maximum absolute atomic E-state index is 6.33. The smallest absolute Gasteiger partial charge is 0.168 e. The van der Waals surface area contributed by atoms with Crippen molar-refractivity contribution in [2.45, 2.75) is 24.8 Å². The van der Waals surface area contributed by atoms with Gasteiger partial charge in [0.2, 0.25) is 0 Å². The van der Waals surface area contributed by atoms with Gasteiger partial charge in [-0.1, -0.05) is 31.2 Å². The van der Waals surface area contributed by atoms with Gasteiger partial charge in [-0.3, -0.25) is 5.73 Å². The SMILES string of the molecule is CCCc1ccc(OC)c(C2(N)NC=CS2)c1. The third kappa shape index (κ3) is 2.42. The van der Waals surface area contributed by atoms with E-state index < -0.39 is 4.99 Å². The van der Waals surface area contributed by atoms with Crippen molar-refractivity contribution in [3.63, 3.8) is 0 Å². The molecule has 1 aromatic rings. The molecule has 0 fully saturated rings. The Morgan fingerprint density at radius 1 is 1.47 bits per heavy atom. The number of hydrogen-bond donors (Lipinski definition) is 2. The zero-order chi connectivity index (χ0) is 12.3. The van der Waals surface area contributed by atoms with Crippen LogP contribution in [0, 0.1) is 0 Å². The van der Waals surface area contributed by atoms with E-state index in [1.807, 2.05) is 17.7 Å². The first-order valence-corrected chi connectivity index (χ1v) is 6.64. The molecule has 0 aromatic heterocycles. The first kappa shape index (κ1) is 12.3. The molecule has 17 heavy (non-hydrogen) atoms. The molecular formula is C13H18N2OS. The van der Waals surface area contributed by atoms with Crippen LogP contribution in [0.15, 0.2) is 29.8 Å². The highest BCUT2D eigenvalue weighted by Gasteiger charge is 2.32. The second-order valence-corrected chi connectivity index (χ2v) is 5.24. The van der Waals surface area contributed by atoms with Gasteiger partial charge >= 0.3 is 0 Å². The lowest BCUT2D eigenvalue weighted by Crippen LogP contribution is -2.42. The Morgan fingerprint density at radius 3 is 2.88 bits per heavy atom. The Hall–Kier alpha value is -1.13. The minimum Gasteiger partial charge on any atom is -0.496 e. The number of benzene rings is 1. The van der Waals surface area contributed by atoms with E-state index in [0.29, 0.717) is 0 Å². The summed E-state index contributed by atoms with van der Waals surface area (Å²) in [6.07, 6.45) is 4.06. The summed E-state index contributed by atoms with van der Waals surface area (Å²) in [4.78, 5) is -0.602. The fourth-order valence-corrected chi connectivity index (χ4v) is 2.74. The normalized spacial score (nSPS) is 22.5. The van der Waals surface area contributed by atoms with Gasteiger partial charge in [0.05, 0.1) is 7.11 Å². The van der Waals surface area contributed by atoms with Crippen LogP contribution in [-0.4, -0.2) is 7.11 Å². The molecule has 1 heterocycles. The summed E-state index contributed by atoms with van der Waals surface area (Å²) >= 11 is 1.56. The predicted molar refractivity (Wildman–Crippen MR) is 72.7 cm³/mol. The molecule has 0 radical (unpaired) electrons. The van der Waals surface area contributed by atoms with E-state index in [0.717, 1.165) is 24.2 Å². The number of rotatable bonds is 4. The lowest BCUT2D eigenvalue weighted by Gasteiger charge is -2.26. The third-order valence-corrected chi connectivity index (χ3v) is 3.80. The molecular weight excluding hydrogens is 232 g/mol. The number of ether oxygens (including phenoxy) is 1. The summed E-state index contributed by atoms with van der Waals surface area (Å²) in [5, 5.41) is 5.14. The number of aryl methyl sites for hydroxylation is 1. The monoisotopic (exact) mass is 250 g/mol. The van der Waals surface area contributed by atoms with Crippen LogP contribution in [0.4, 0.5) is 0 Å². The molecule has 0 saturated heterocycles. The van der Waals surface area contributed by atoms with Crippen molar-refractivity contribution in [2.75, 3.05) is 7.11 Å². The van der Waals surface area contributed by atoms with Gasteiger partial charge in [0.15, 0.2) is 4.99 Å². The van der Waals surface area contributed by atoms with E-state index >= 15 is 0 Å². The van der Waals surface area contributed by atoms with Crippen molar-refractivity contribution in [3.8, 4) is 5.75 Å². The molecule has 0 aliphatic carbocycles. The van der Waals surface area contributed by atoms with E-state index in [-0.39, 0.29) is 0 Å². The molecule has 1 aliphatic heterocycles.